The Kier molecular flexibility index (Phi) is 17.2. The van der Waals surface area contributed by atoms with Crippen molar-refractivity contribution in [3.05, 3.63) is 71.3 Å². The summed E-state index contributed by atoms with van der Waals surface area (Å²) in [5.41, 5.74) is 6.50. The van der Waals surface area contributed by atoms with Gasteiger partial charge in [-0.2, -0.15) is 0 Å². The molecule has 0 spiro atoms. The molecule has 0 aliphatic rings. The van der Waals surface area contributed by atoms with Gasteiger partial charge in [-0.25, -0.2) is 0 Å². The fraction of sp³-hybridized carbons (Fsp3) is 0.692. The minimum Gasteiger partial charge on any atom is -0.0776 e. The van der Waals surface area contributed by atoms with Gasteiger partial charge < -0.3 is 0 Å². The van der Waals surface area contributed by atoms with Crippen LogP contribution in [0, 0.1) is 16.2 Å². The van der Waals surface area contributed by atoms with Crippen molar-refractivity contribution in [3.63, 3.8) is 0 Å². The van der Waals surface area contributed by atoms with E-state index in [1.807, 2.05) is 0 Å². The molecule has 0 unspecified atom stereocenters. The van der Waals surface area contributed by atoms with Gasteiger partial charge in [-0.05, 0) is 55.6 Å². The van der Waals surface area contributed by atoms with Crippen LogP contribution in [-0.2, 0) is 16.2 Å². The van der Waals surface area contributed by atoms with E-state index in [9.17, 15) is 0 Å². The third-order valence-electron chi connectivity index (χ3n) is 5.32. The highest BCUT2D eigenvalue weighted by Crippen LogP contribution is 2.32. The highest BCUT2D eigenvalue weighted by Gasteiger charge is 2.20. The van der Waals surface area contributed by atoms with Crippen molar-refractivity contribution in [2.45, 2.75) is 162 Å². The maximum atomic E-state index is 2.29. The van der Waals surface area contributed by atoms with Crippen LogP contribution in [0.4, 0.5) is 0 Å². The van der Waals surface area contributed by atoms with Crippen LogP contribution in [0.25, 0.3) is 0 Å². The number of hydrogen-bond donors (Lipinski definition) is 0. The van der Waals surface area contributed by atoms with Crippen molar-refractivity contribution in [1.29, 1.82) is 0 Å². The van der Waals surface area contributed by atoms with E-state index in [2.05, 4.69) is 186 Å². The standard InChI is InChI=1S/C14H22.C10H14.C9H20.C5H12.CH4/c1-13(2,3)11-7-9-12(10-8-11)14(4,5)6;1-10(2,3)9-7-5-4-6-8-9;1-8(2,3)7-9(4,5)6;1-5(2,3)4;/h7-10H,1-6H3;4-8H,1-3H3;7H2,1-6H3;1-4H3;1H4. The molecule has 2 rings (SSSR count). The van der Waals surface area contributed by atoms with Gasteiger partial charge in [0.2, 0.25) is 0 Å². The molecule has 228 valence electrons. The predicted octanol–water partition coefficient (Wildman–Crippen LogP) is 13.4. The molecular weight excluding hydrogens is 468 g/mol. The molecule has 0 radical (unpaired) electrons. The van der Waals surface area contributed by atoms with E-state index in [0.29, 0.717) is 21.7 Å². The summed E-state index contributed by atoms with van der Waals surface area (Å²) in [6.07, 6.45) is 1.29. The largest absolute Gasteiger partial charge is 0.0776 e. The normalized spacial score (nSPS) is 12.4. The molecule has 0 fully saturated rings. The van der Waals surface area contributed by atoms with E-state index in [1.54, 1.807) is 0 Å². The Labute approximate surface area is 248 Å². The monoisotopic (exact) mass is 541 g/mol. The van der Waals surface area contributed by atoms with Crippen LogP contribution in [0.15, 0.2) is 54.6 Å². The lowest BCUT2D eigenvalue weighted by Gasteiger charge is -2.28. The molecule has 2 aromatic rings. The highest BCUT2D eigenvalue weighted by atomic mass is 14.3. The third-order valence-corrected chi connectivity index (χ3v) is 5.32. The Balaban J connectivity index is -0.000000464. The van der Waals surface area contributed by atoms with E-state index >= 15 is 0 Å². The first kappa shape index (κ1) is 41.9. The second-order valence-corrected chi connectivity index (χ2v) is 18.0. The summed E-state index contributed by atoms with van der Waals surface area (Å²) in [5, 5.41) is 0. The van der Waals surface area contributed by atoms with Gasteiger partial charge in [0, 0.05) is 0 Å². The summed E-state index contributed by atoms with van der Waals surface area (Å²) >= 11 is 0. The van der Waals surface area contributed by atoms with Gasteiger partial charge in [0.25, 0.3) is 0 Å². The molecule has 0 heterocycles. The van der Waals surface area contributed by atoms with Crippen LogP contribution < -0.4 is 0 Å². The maximum Gasteiger partial charge on any atom is -0.0132 e. The minimum absolute atomic E-state index is 0. The molecule has 0 N–H and O–H groups in total. The second kappa shape index (κ2) is 16.0. The average molecular weight is 541 g/mol. The zero-order valence-electron chi connectivity index (χ0n) is 29.4. The van der Waals surface area contributed by atoms with E-state index < -0.39 is 0 Å². The molecule has 0 heteroatoms. The zero-order valence-corrected chi connectivity index (χ0v) is 29.4. The molecule has 0 aliphatic carbocycles. The van der Waals surface area contributed by atoms with Crippen LogP contribution in [-0.4, -0.2) is 0 Å². The van der Waals surface area contributed by atoms with Gasteiger partial charge in [-0.3, -0.25) is 0 Å². The van der Waals surface area contributed by atoms with Gasteiger partial charge in [0.15, 0.2) is 0 Å². The van der Waals surface area contributed by atoms with Crippen LogP contribution in [0.2, 0.25) is 0 Å². The molecule has 39 heavy (non-hydrogen) atoms. The smallest absolute Gasteiger partial charge is 0.0132 e. The summed E-state index contributed by atoms with van der Waals surface area (Å²) in [6.45, 7) is 42.7. The van der Waals surface area contributed by atoms with Gasteiger partial charge in [-0.1, -0.05) is 194 Å². The van der Waals surface area contributed by atoms with Gasteiger partial charge >= 0.3 is 0 Å². The molecule has 0 nitrogen and oxygen atoms in total. The average Bonchev–Trinajstić information content (AvgIpc) is 2.64. The van der Waals surface area contributed by atoms with Crippen LogP contribution in [0.3, 0.4) is 0 Å². The van der Waals surface area contributed by atoms with Crippen molar-refractivity contribution in [2.24, 2.45) is 16.2 Å². The zero-order chi connectivity index (χ0) is 30.8. The molecule has 0 atom stereocenters. The number of hydrogen-bond acceptors (Lipinski definition) is 0. The molecular formula is C39H72. The second-order valence-electron chi connectivity index (χ2n) is 18.0. The molecule has 0 saturated carbocycles. The minimum atomic E-state index is 0. The van der Waals surface area contributed by atoms with Crippen molar-refractivity contribution in [3.8, 4) is 0 Å². The lowest BCUT2D eigenvalue weighted by atomic mass is 9.78. The summed E-state index contributed by atoms with van der Waals surface area (Å²) in [6, 6.07) is 19.6. The van der Waals surface area contributed by atoms with E-state index in [0.717, 1.165) is 0 Å². The Morgan fingerprint density at radius 3 is 0.692 bits per heavy atom. The van der Waals surface area contributed by atoms with Gasteiger partial charge in [0.1, 0.15) is 0 Å². The SMILES string of the molecule is C.CC(C)(C)C.CC(C)(C)CC(C)(C)C.CC(C)(C)c1ccc(C(C)(C)C)cc1.CC(C)(C)c1ccccc1. The quantitative estimate of drug-likeness (QED) is 0.311. The van der Waals surface area contributed by atoms with Crippen LogP contribution in [0.1, 0.15) is 162 Å². The number of benzene rings is 2. The summed E-state index contributed by atoms with van der Waals surface area (Å²) in [7, 11) is 0. The first-order valence-electron chi connectivity index (χ1n) is 14.7. The first-order valence-corrected chi connectivity index (χ1v) is 14.7. The summed E-state index contributed by atoms with van der Waals surface area (Å²) in [5.74, 6) is 0. The maximum absolute atomic E-state index is 2.29. The highest BCUT2D eigenvalue weighted by molar-refractivity contribution is 5.31. The first-order chi connectivity index (χ1) is 16.5. The molecule has 2 aromatic carbocycles. The van der Waals surface area contributed by atoms with E-state index in [-0.39, 0.29) is 18.3 Å². The van der Waals surface area contributed by atoms with Crippen LogP contribution in [0.5, 0.6) is 0 Å². The summed E-state index contributed by atoms with van der Waals surface area (Å²) in [4.78, 5) is 0. The Hall–Kier alpha value is -1.56. The number of rotatable bonds is 0. The molecule has 0 saturated heterocycles. The lowest BCUT2D eigenvalue weighted by Crippen LogP contribution is -2.16. The van der Waals surface area contributed by atoms with Gasteiger partial charge in [-0.15, -0.1) is 0 Å². The lowest BCUT2D eigenvalue weighted by molar-refractivity contribution is 0.233. The van der Waals surface area contributed by atoms with E-state index in [4.69, 9.17) is 0 Å². The van der Waals surface area contributed by atoms with Gasteiger partial charge in [0.05, 0.1) is 0 Å². The Morgan fingerprint density at radius 2 is 0.564 bits per heavy atom. The van der Waals surface area contributed by atoms with Crippen LogP contribution >= 0.6 is 0 Å². The molecule has 0 aliphatic heterocycles. The van der Waals surface area contributed by atoms with Crippen molar-refractivity contribution in [1.82, 2.24) is 0 Å². The fourth-order valence-corrected chi connectivity index (χ4v) is 4.00. The fourth-order valence-electron chi connectivity index (χ4n) is 4.00. The molecule has 0 amide bonds. The Morgan fingerprint density at radius 1 is 0.359 bits per heavy atom. The van der Waals surface area contributed by atoms with E-state index in [1.165, 1.54) is 23.1 Å². The molecule has 0 bridgehead atoms. The van der Waals surface area contributed by atoms with Crippen molar-refractivity contribution in [2.75, 3.05) is 0 Å². The van der Waals surface area contributed by atoms with Crippen molar-refractivity contribution >= 4 is 0 Å². The topological polar surface area (TPSA) is 0 Å². The molecule has 0 aromatic heterocycles. The third kappa shape index (κ3) is 26.4. The van der Waals surface area contributed by atoms with Crippen molar-refractivity contribution < 1.29 is 0 Å². The predicted molar refractivity (Wildman–Crippen MR) is 184 cm³/mol. The Bertz CT molecular complexity index is 803. The summed E-state index contributed by atoms with van der Waals surface area (Å²) < 4.78 is 0.